The van der Waals surface area contributed by atoms with E-state index in [4.69, 9.17) is 0 Å². The molecule has 0 rings (SSSR count). The van der Waals surface area contributed by atoms with E-state index in [0.717, 1.165) is 24.6 Å². The Labute approximate surface area is 115 Å². The van der Waals surface area contributed by atoms with Gasteiger partial charge in [-0.05, 0) is 0 Å². The molecular weight excluding hydrogens is 242 g/mol. The molecule has 0 fully saturated rings. The van der Waals surface area contributed by atoms with Crippen molar-refractivity contribution in [3.05, 3.63) is 0 Å². The molecule has 0 saturated carbocycles. The van der Waals surface area contributed by atoms with Gasteiger partial charge in [0.05, 0.1) is 0 Å². The van der Waals surface area contributed by atoms with Crippen molar-refractivity contribution in [3.63, 3.8) is 0 Å². The Morgan fingerprint density at radius 2 is 0.722 bits per heavy atom. The second-order valence-electron chi connectivity index (χ2n) is 8.13. The van der Waals surface area contributed by atoms with E-state index >= 15 is 4.20 Å². The van der Waals surface area contributed by atoms with Crippen LogP contribution in [0.5, 0.6) is 0 Å². The summed E-state index contributed by atoms with van der Waals surface area (Å²) in [5.41, 5.74) is 0. The Morgan fingerprint density at radius 3 is 0.833 bits per heavy atom. The van der Waals surface area contributed by atoms with E-state index in [2.05, 4.69) is 55.4 Å². The Morgan fingerprint density at radius 1 is 0.556 bits per heavy atom. The van der Waals surface area contributed by atoms with Gasteiger partial charge < -0.3 is 0 Å². The maximum absolute atomic E-state index is 16.3. The van der Waals surface area contributed by atoms with Crippen molar-refractivity contribution in [1.29, 1.82) is 0 Å². The van der Waals surface area contributed by atoms with Gasteiger partial charge >= 0.3 is 115 Å². The number of halogens is 1. The summed E-state index contributed by atoms with van der Waals surface area (Å²) in [7, 11) is 0. The molecule has 0 nitrogen and oxygen atoms in total. The van der Waals surface area contributed by atoms with E-state index in [1.165, 1.54) is 0 Å². The molecule has 0 saturated heterocycles. The van der Waals surface area contributed by atoms with Crippen LogP contribution in [0.25, 0.3) is 0 Å². The first-order chi connectivity index (χ1) is 7.96. The fourth-order valence-electron chi connectivity index (χ4n) is 4.10. The molecule has 0 N–H and O–H groups in total. The van der Waals surface area contributed by atoms with Gasteiger partial charge in [-0.3, -0.25) is 0 Å². The van der Waals surface area contributed by atoms with E-state index in [1.807, 2.05) is 0 Å². The molecule has 0 atom stereocenters. The second kappa shape index (κ2) is 6.69. The average Bonchev–Trinajstić information content (AvgIpc) is 1.92. The zero-order valence-electron chi connectivity index (χ0n) is 14.0. The second-order valence-corrected chi connectivity index (χ2v) is 13.2. The molecule has 0 aliphatic rings. The SMILES string of the molecule is CC(C)CP(F)(CC(C)C)(CC(C)C)CC(C)C. The fraction of sp³-hybridized carbons (Fsp3) is 1.00. The van der Waals surface area contributed by atoms with Crippen LogP contribution < -0.4 is 0 Å². The number of hydrogen-bond acceptors (Lipinski definition) is 0. The summed E-state index contributed by atoms with van der Waals surface area (Å²) >= 11 is 0. The fourth-order valence-corrected chi connectivity index (χ4v) is 12.3. The molecule has 112 valence electrons. The van der Waals surface area contributed by atoms with Gasteiger partial charge in [0.15, 0.2) is 0 Å². The summed E-state index contributed by atoms with van der Waals surface area (Å²) in [5, 5.41) is 0. The number of hydrogen-bond donors (Lipinski definition) is 0. The van der Waals surface area contributed by atoms with Gasteiger partial charge in [0.25, 0.3) is 0 Å². The van der Waals surface area contributed by atoms with Crippen molar-refractivity contribution in [3.8, 4) is 0 Å². The maximum atomic E-state index is 16.3. The molecule has 0 aromatic carbocycles. The van der Waals surface area contributed by atoms with Gasteiger partial charge in [-0.1, -0.05) is 0 Å². The molecular formula is C16H36FP. The predicted molar refractivity (Wildman–Crippen MR) is 86.8 cm³/mol. The van der Waals surface area contributed by atoms with E-state index in [-0.39, 0.29) is 0 Å². The van der Waals surface area contributed by atoms with Gasteiger partial charge in [-0.15, -0.1) is 0 Å². The Bertz CT molecular complexity index is 192. The summed E-state index contributed by atoms with van der Waals surface area (Å²) in [6.07, 6.45) is 3.33. The van der Waals surface area contributed by atoms with Crippen molar-refractivity contribution in [2.45, 2.75) is 55.4 Å². The van der Waals surface area contributed by atoms with Crippen LogP contribution in [0.2, 0.25) is 0 Å². The van der Waals surface area contributed by atoms with Gasteiger partial charge in [0, 0.05) is 0 Å². The molecule has 0 aliphatic heterocycles. The van der Waals surface area contributed by atoms with Crippen LogP contribution in [0.15, 0.2) is 0 Å². The Balaban J connectivity index is 5.35. The molecule has 0 spiro atoms. The predicted octanol–water partition coefficient (Wildman–Crippen LogP) is 6.05. The van der Waals surface area contributed by atoms with Crippen LogP contribution in [0, 0.1) is 23.7 Å². The Hall–Kier alpha value is 0.360. The third-order valence-corrected chi connectivity index (χ3v) is 9.86. The van der Waals surface area contributed by atoms with Crippen LogP contribution in [-0.2, 0) is 0 Å². The molecule has 0 amide bonds. The summed E-state index contributed by atoms with van der Waals surface area (Å²) in [6, 6.07) is 0. The first-order valence-corrected chi connectivity index (χ1v) is 10.6. The Kier molecular flexibility index (Phi) is 6.82. The van der Waals surface area contributed by atoms with E-state index in [9.17, 15) is 0 Å². The normalized spacial score (nSPS) is 15.7. The van der Waals surface area contributed by atoms with Gasteiger partial charge in [0.2, 0.25) is 0 Å². The van der Waals surface area contributed by atoms with E-state index in [1.54, 1.807) is 0 Å². The molecule has 0 bridgehead atoms. The minimum atomic E-state index is -3.03. The summed E-state index contributed by atoms with van der Waals surface area (Å²) in [6.45, 7) is 14.4. The average molecular weight is 278 g/mol. The molecule has 0 radical (unpaired) electrons. The van der Waals surface area contributed by atoms with Crippen LogP contribution in [-0.4, -0.2) is 24.6 Å². The first kappa shape index (κ1) is 18.4. The first-order valence-electron chi connectivity index (χ1n) is 7.69. The molecule has 0 aromatic heterocycles. The van der Waals surface area contributed by atoms with E-state index in [0.29, 0.717) is 23.7 Å². The molecule has 2 heteroatoms. The van der Waals surface area contributed by atoms with Gasteiger partial charge in [-0.2, -0.15) is 0 Å². The van der Waals surface area contributed by atoms with Crippen molar-refractivity contribution < 1.29 is 4.20 Å². The van der Waals surface area contributed by atoms with Crippen LogP contribution in [0.4, 0.5) is 4.20 Å². The third kappa shape index (κ3) is 6.50. The summed E-state index contributed by atoms with van der Waals surface area (Å²) < 4.78 is 16.3. The number of rotatable bonds is 8. The summed E-state index contributed by atoms with van der Waals surface area (Å²) in [4.78, 5) is 0. The zero-order chi connectivity index (χ0) is 14.6. The monoisotopic (exact) mass is 278 g/mol. The quantitative estimate of drug-likeness (QED) is 0.474. The van der Waals surface area contributed by atoms with Crippen molar-refractivity contribution in [2.24, 2.45) is 23.7 Å². The van der Waals surface area contributed by atoms with Gasteiger partial charge in [-0.25, -0.2) is 0 Å². The molecule has 0 aliphatic carbocycles. The van der Waals surface area contributed by atoms with Crippen molar-refractivity contribution in [1.82, 2.24) is 0 Å². The van der Waals surface area contributed by atoms with Crippen LogP contribution in [0.3, 0.4) is 0 Å². The standard InChI is InChI=1S/C16H36FP/c1-13(2)9-18(17,10-14(3)4,11-15(5)6)12-16(7)8/h13-16H,9-12H2,1-8H3. The van der Waals surface area contributed by atoms with Crippen LogP contribution in [0.1, 0.15) is 55.4 Å². The zero-order valence-corrected chi connectivity index (χ0v) is 14.9. The van der Waals surface area contributed by atoms with Gasteiger partial charge in [0.1, 0.15) is 0 Å². The molecule has 0 heterocycles. The molecule has 0 unspecified atom stereocenters. The molecule has 0 aromatic rings. The minimum absolute atomic E-state index is 0.476. The summed E-state index contributed by atoms with van der Waals surface area (Å²) in [5.74, 6) is 1.90. The van der Waals surface area contributed by atoms with Crippen molar-refractivity contribution in [2.75, 3.05) is 24.6 Å². The topological polar surface area (TPSA) is 0 Å². The van der Waals surface area contributed by atoms with Crippen molar-refractivity contribution >= 4 is 6.91 Å². The third-order valence-electron chi connectivity index (χ3n) is 3.29. The molecule has 18 heavy (non-hydrogen) atoms. The van der Waals surface area contributed by atoms with Crippen LogP contribution >= 0.6 is 6.91 Å². The van der Waals surface area contributed by atoms with E-state index < -0.39 is 6.91 Å².